The van der Waals surface area contributed by atoms with Gasteiger partial charge in [-0.05, 0) is 23.5 Å². The minimum atomic E-state index is 0.609. The summed E-state index contributed by atoms with van der Waals surface area (Å²) in [7, 11) is 0. The molecule has 1 aliphatic rings. The molecule has 1 fully saturated rings. The molecule has 0 saturated carbocycles. The molecule has 0 aromatic heterocycles. The van der Waals surface area contributed by atoms with E-state index in [1.54, 1.807) is 0 Å². The molecule has 148 valence electrons. The predicted octanol–water partition coefficient (Wildman–Crippen LogP) is 3.76. The van der Waals surface area contributed by atoms with E-state index in [4.69, 9.17) is 9.47 Å². The molecule has 0 spiro atoms. The highest BCUT2D eigenvalue weighted by molar-refractivity contribution is 5.24. The van der Waals surface area contributed by atoms with Gasteiger partial charge in [0.15, 0.2) is 0 Å². The first-order chi connectivity index (χ1) is 12.7. The summed E-state index contributed by atoms with van der Waals surface area (Å²) in [4.78, 5) is 5.07. The maximum absolute atomic E-state index is 5.69. The van der Waals surface area contributed by atoms with Crippen LogP contribution in [-0.2, 0) is 16.0 Å². The first kappa shape index (κ1) is 21.4. The van der Waals surface area contributed by atoms with Crippen LogP contribution in [0.15, 0.2) is 24.3 Å². The number of piperazine rings is 1. The molecule has 1 aliphatic heterocycles. The van der Waals surface area contributed by atoms with Crippen molar-refractivity contribution in [2.45, 2.75) is 46.1 Å². The summed E-state index contributed by atoms with van der Waals surface area (Å²) in [5.74, 6) is 0.609. The van der Waals surface area contributed by atoms with Crippen LogP contribution in [-0.4, -0.2) is 69.0 Å². The molecule has 0 aliphatic carbocycles. The molecule has 0 amide bonds. The van der Waals surface area contributed by atoms with Gasteiger partial charge in [0.25, 0.3) is 0 Å². The number of rotatable bonds is 12. The summed E-state index contributed by atoms with van der Waals surface area (Å²) < 4.78 is 11.2. The van der Waals surface area contributed by atoms with Gasteiger partial charge in [-0.1, -0.05) is 51.5 Å². The Bertz CT molecular complexity index is 468. The Labute approximate surface area is 160 Å². The second kappa shape index (κ2) is 12.4. The van der Waals surface area contributed by atoms with Gasteiger partial charge in [-0.3, -0.25) is 9.80 Å². The maximum atomic E-state index is 5.69. The van der Waals surface area contributed by atoms with Crippen molar-refractivity contribution in [2.24, 2.45) is 0 Å². The fraction of sp³-hybridized carbons (Fsp3) is 0.727. The van der Waals surface area contributed by atoms with Crippen molar-refractivity contribution < 1.29 is 9.47 Å². The molecular formula is C22H38N2O2. The molecule has 0 radical (unpaired) electrons. The van der Waals surface area contributed by atoms with Crippen molar-refractivity contribution in [3.63, 3.8) is 0 Å². The molecular weight excluding hydrogens is 324 g/mol. The van der Waals surface area contributed by atoms with E-state index in [2.05, 4.69) is 54.8 Å². The van der Waals surface area contributed by atoms with E-state index in [-0.39, 0.29) is 0 Å². The Hall–Kier alpha value is -0.940. The SMILES string of the molecule is CCCCOCCOCCN1CCN(Cc2ccc(C(C)C)cc2)CC1. The van der Waals surface area contributed by atoms with Gasteiger partial charge in [0, 0.05) is 45.9 Å². The Kier molecular flexibility index (Phi) is 10.2. The van der Waals surface area contributed by atoms with Gasteiger partial charge in [-0.2, -0.15) is 0 Å². The zero-order chi connectivity index (χ0) is 18.6. The van der Waals surface area contributed by atoms with E-state index in [1.807, 2.05) is 0 Å². The van der Waals surface area contributed by atoms with Crippen LogP contribution in [0.5, 0.6) is 0 Å². The minimum Gasteiger partial charge on any atom is -0.379 e. The van der Waals surface area contributed by atoms with Crippen molar-refractivity contribution in [1.82, 2.24) is 9.80 Å². The van der Waals surface area contributed by atoms with Crippen molar-refractivity contribution in [2.75, 3.05) is 59.2 Å². The van der Waals surface area contributed by atoms with E-state index in [9.17, 15) is 0 Å². The van der Waals surface area contributed by atoms with Gasteiger partial charge in [0.2, 0.25) is 0 Å². The van der Waals surface area contributed by atoms with Crippen LogP contribution < -0.4 is 0 Å². The molecule has 1 saturated heterocycles. The first-order valence-corrected chi connectivity index (χ1v) is 10.4. The third-order valence-corrected chi connectivity index (χ3v) is 5.08. The maximum Gasteiger partial charge on any atom is 0.0701 e. The minimum absolute atomic E-state index is 0.609. The molecule has 1 aromatic carbocycles. The molecule has 1 aromatic rings. The Morgan fingerprint density at radius 1 is 0.846 bits per heavy atom. The van der Waals surface area contributed by atoms with E-state index in [0.717, 1.165) is 72.1 Å². The van der Waals surface area contributed by atoms with E-state index < -0.39 is 0 Å². The second-order valence-corrected chi connectivity index (χ2v) is 7.59. The molecule has 0 unspecified atom stereocenters. The van der Waals surface area contributed by atoms with Gasteiger partial charge in [-0.25, -0.2) is 0 Å². The van der Waals surface area contributed by atoms with E-state index in [1.165, 1.54) is 17.5 Å². The highest BCUT2D eigenvalue weighted by atomic mass is 16.5. The lowest BCUT2D eigenvalue weighted by Crippen LogP contribution is -2.46. The Morgan fingerprint density at radius 3 is 2.08 bits per heavy atom. The quantitative estimate of drug-likeness (QED) is 0.529. The molecule has 0 bridgehead atoms. The van der Waals surface area contributed by atoms with Crippen molar-refractivity contribution in [3.05, 3.63) is 35.4 Å². The average Bonchev–Trinajstić information content (AvgIpc) is 2.65. The molecule has 0 atom stereocenters. The van der Waals surface area contributed by atoms with Crippen LogP contribution in [0, 0.1) is 0 Å². The normalized spacial score (nSPS) is 16.5. The number of nitrogens with zero attached hydrogens (tertiary/aromatic N) is 2. The fourth-order valence-corrected chi connectivity index (χ4v) is 3.20. The van der Waals surface area contributed by atoms with Gasteiger partial charge in [0.05, 0.1) is 19.8 Å². The Morgan fingerprint density at radius 2 is 1.46 bits per heavy atom. The van der Waals surface area contributed by atoms with Crippen LogP contribution in [0.2, 0.25) is 0 Å². The molecule has 0 N–H and O–H groups in total. The fourth-order valence-electron chi connectivity index (χ4n) is 3.20. The summed E-state index contributed by atoms with van der Waals surface area (Å²) in [5, 5.41) is 0. The third kappa shape index (κ3) is 8.17. The zero-order valence-electron chi connectivity index (χ0n) is 17.1. The number of unbranched alkanes of at least 4 members (excludes halogenated alkanes) is 1. The third-order valence-electron chi connectivity index (χ3n) is 5.08. The first-order valence-electron chi connectivity index (χ1n) is 10.4. The standard InChI is InChI=1S/C22H38N2O2/c1-4-5-15-25-17-18-26-16-14-23-10-12-24(13-11-23)19-21-6-8-22(9-7-21)20(2)3/h6-9,20H,4-5,10-19H2,1-3H3. The van der Waals surface area contributed by atoms with Gasteiger partial charge in [0.1, 0.15) is 0 Å². The smallest absolute Gasteiger partial charge is 0.0701 e. The molecule has 4 heteroatoms. The van der Waals surface area contributed by atoms with Crippen molar-refractivity contribution in [3.8, 4) is 0 Å². The van der Waals surface area contributed by atoms with Crippen LogP contribution in [0.3, 0.4) is 0 Å². The summed E-state index contributed by atoms with van der Waals surface area (Å²) >= 11 is 0. The van der Waals surface area contributed by atoms with Gasteiger partial charge in [-0.15, -0.1) is 0 Å². The van der Waals surface area contributed by atoms with Crippen LogP contribution in [0.1, 0.15) is 50.7 Å². The summed E-state index contributed by atoms with van der Waals surface area (Å²) in [6.07, 6.45) is 2.34. The number of hydrogen-bond acceptors (Lipinski definition) is 4. The summed E-state index contributed by atoms with van der Waals surface area (Å²) in [5.41, 5.74) is 2.85. The monoisotopic (exact) mass is 362 g/mol. The Balaban J connectivity index is 1.53. The van der Waals surface area contributed by atoms with Gasteiger partial charge < -0.3 is 9.47 Å². The topological polar surface area (TPSA) is 24.9 Å². The van der Waals surface area contributed by atoms with Crippen molar-refractivity contribution in [1.29, 1.82) is 0 Å². The molecule has 26 heavy (non-hydrogen) atoms. The zero-order valence-corrected chi connectivity index (χ0v) is 17.1. The van der Waals surface area contributed by atoms with E-state index >= 15 is 0 Å². The lowest BCUT2D eigenvalue weighted by atomic mass is 10.0. The summed E-state index contributed by atoms with van der Waals surface area (Å²) in [6.45, 7) is 16.5. The largest absolute Gasteiger partial charge is 0.379 e. The second-order valence-electron chi connectivity index (χ2n) is 7.59. The van der Waals surface area contributed by atoms with E-state index in [0.29, 0.717) is 5.92 Å². The number of benzene rings is 1. The van der Waals surface area contributed by atoms with Gasteiger partial charge >= 0.3 is 0 Å². The molecule has 4 nitrogen and oxygen atoms in total. The van der Waals surface area contributed by atoms with Crippen LogP contribution in [0.4, 0.5) is 0 Å². The molecule has 2 rings (SSSR count). The number of hydrogen-bond donors (Lipinski definition) is 0. The summed E-state index contributed by atoms with van der Waals surface area (Å²) in [6, 6.07) is 9.13. The molecule has 1 heterocycles. The van der Waals surface area contributed by atoms with Crippen molar-refractivity contribution >= 4 is 0 Å². The predicted molar refractivity (Wildman–Crippen MR) is 109 cm³/mol. The van der Waals surface area contributed by atoms with Crippen LogP contribution in [0.25, 0.3) is 0 Å². The lowest BCUT2D eigenvalue weighted by molar-refractivity contribution is 0.0305. The average molecular weight is 363 g/mol. The lowest BCUT2D eigenvalue weighted by Gasteiger charge is -2.34. The highest BCUT2D eigenvalue weighted by Crippen LogP contribution is 2.16. The van der Waals surface area contributed by atoms with Crippen LogP contribution >= 0.6 is 0 Å². The highest BCUT2D eigenvalue weighted by Gasteiger charge is 2.16. The number of ether oxygens (including phenoxy) is 2.